The molecule has 0 saturated heterocycles. The van der Waals surface area contributed by atoms with E-state index in [4.69, 9.17) is 32.7 Å². The second-order valence-electron chi connectivity index (χ2n) is 9.25. The molecule has 5 N–H and O–H groups in total. The summed E-state index contributed by atoms with van der Waals surface area (Å²) in [4.78, 5) is 27.3. The Kier molecular flexibility index (Phi) is 20.7. The first-order valence-electron chi connectivity index (χ1n) is 12.0. The molecule has 0 rings (SSSR count). The minimum atomic E-state index is -3.80. The van der Waals surface area contributed by atoms with Gasteiger partial charge < -0.3 is 28.2 Å². The Morgan fingerprint density at radius 2 is 1.50 bits per heavy atom. The van der Waals surface area contributed by atoms with Crippen molar-refractivity contribution in [2.45, 2.75) is 52.2 Å². The van der Waals surface area contributed by atoms with Gasteiger partial charge in [0.05, 0.1) is 12.8 Å². The van der Waals surface area contributed by atoms with E-state index in [1.165, 1.54) is 0 Å². The van der Waals surface area contributed by atoms with Crippen LogP contribution in [-0.4, -0.2) is 99.9 Å². The topological polar surface area (TPSA) is 138 Å². The third kappa shape index (κ3) is 20.2. The van der Waals surface area contributed by atoms with E-state index >= 15 is 0 Å². The Labute approximate surface area is 217 Å². The maximum Gasteiger partial charge on any atom is 0.515 e. The summed E-state index contributed by atoms with van der Waals surface area (Å²) in [5, 5.41) is 18.5. The van der Waals surface area contributed by atoms with Crippen LogP contribution in [-0.2, 0) is 29.0 Å². The number of aliphatic hydroxyl groups excluding tert-OH is 2. The van der Waals surface area contributed by atoms with Crippen LogP contribution in [0.4, 0.5) is 0 Å². The molecule has 0 bridgehead atoms. The predicted molar refractivity (Wildman–Crippen MR) is 148 cm³/mol. The highest BCUT2D eigenvalue weighted by atomic mass is 32.5. The van der Waals surface area contributed by atoms with Crippen LogP contribution >= 0.6 is 19.3 Å². The molecule has 5 atom stereocenters. The number of hydrogen-bond acceptors (Lipinski definition) is 7. The standard InChI is InChI=1S/C20H47O9PS2Si2/c1-18(11-21)14-27-33(9-6-8-32-30(23,24)25)17-26-13-20(3)16-29-34(4,10-5-7-31)28-15-19(2)12-22/h18-22,33H,5-17H2,1-4H3,(H3-,23,24,25,31)/p+1. The Bertz CT molecular complexity index is 554. The van der Waals surface area contributed by atoms with Gasteiger partial charge in [0.1, 0.15) is 0 Å². The second kappa shape index (κ2) is 20.1. The van der Waals surface area contributed by atoms with Crippen molar-refractivity contribution in [3.63, 3.8) is 0 Å². The summed E-state index contributed by atoms with van der Waals surface area (Å²) in [7, 11) is -3.29. The summed E-state index contributed by atoms with van der Waals surface area (Å²) in [5.74, 6) is 1.52. The molecular formula is C20H48O9PS2Si2+. The first kappa shape index (κ1) is 35.1. The van der Waals surface area contributed by atoms with Crippen LogP contribution in [0.3, 0.4) is 0 Å². The van der Waals surface area contributed by atoms with Gasteiger partial charge in [-0.3, -0.25) is 14.7 Å². The zero-order chi connectivity index (χ0) is 26.0. The molecule has 0 aromatic rings. The number of thiol groups is 1. The van der Waals surface area contributed by atoms with E-state index in [2.05, 4.69) is 26.1 Å². The molecule has 0 aliphatic carbocycles. The van der Waals surface area contributed by atoms with E-state index in [0.717, 1.165) is 35.2 Å². The molecule has 0 spiro atoms. The van der Waals surface area contributed by atoms with E-state index in [-0.39, 0.29) is 31.0 Å². The summed E-state index contributed by atoms with van der Waals surface area (Å²) >= 11 is 4.31. The van der Waals surface area contributed by atoms with Gasteiger partial charge in [-0.2, -0.15) is 12.6 Å². The summed E-state index contributed by atoms with van der Waals surface area (Å²) in [5.41, 5.74) is 0. The zero-order valence-corrected chi connectivity index (χ0v) is 25.9. The van der Waals surface area contributed by atoms with Crippen LogP contribution in [0.1, 0.15) is 33.6 Å². The Balaban J connectivity index is 4.58. The van der Waals surface area contributed by atoms with Crippen molar-refractivity contribution in [3.05, 3.63) is 0 Å². The molecule has 14 heteroatoms. The molecule has 0 amide bonds. The quantitative estimate of drug-likeness (QED) is 0.0370. The lowest BCUT2D eigenvalue weighted by Gasteiger charge is -2.29. The third-order valence-corrected chi connectivity index (χ3v) is 12.9. The average Bonchev–Trinajstić information content (AvgIpc) is 2.79. The maximum absolute atomic E-state index is 9.27. The molecule has 0 radical (unpaired) electrons. The first-order chi connectivity index (χ1) is 15.9. The molecule has 34 heavy (non-hydrogen) atoms. The number of rotatable bonds is 22. The molecule has 0 aromatic heterocycles. The normalized spacial score (nSPS) is 17.7. The van der Waals surface area contributed by atoms with Gasteiger partial charge in [-0.25, -0.2) is 0 Å². The maximum atomic E-state index is 9.27. The van der Waals surface area contributed by atoms with Crippen molar-refractivity contribution in [2.24, 2.45) is 17.8 Å². The molecule has 206 valence electrons. The molecule has 0 aliphatic rings. The highest BCUT2D eigenvalue weighted by Crippen LogP contribution is 2.31. The Hall–Kier alpha value is 1.07. The predicted octanol–water partition coefficient (Wildman–Crippen LogP) is 1.73. The smallest absolute Gasteiger partial charge is 0.417 e. The fraction of sp³-hybridized carbons (Fsp3) is 1.00. The second-order valence-corrected chi connectivity index (χ2v) is 19.5. The molecule has 0 heterocycles. The van der Waals surface area contributed by atoms with Crippen LogP contribution in [0.25, 0.3) is 0 Å². The van der Waals surface area contributed by atoms with Crippen LogP contribution < -0.4 is 0 Å². The van der Waals surface area contributed by atoms with Gasteiger partial charge in [-0.1, -0.05) is 20.8 Å². The van der Waals surface area contributed by atoms with Gasteiger partial charge in [0.15, 0.2) is 5.75 Å². The van der Waals surface area contributed by atoms with Crippen LogP contribution in [0.2, 0.25) is 18.6 Å². The van der Waals surface area contributed by atoms with Crippen LogP contribution in [0.5, 0.6) is 0 Å². The number of hydrogen-bond donors (Lipinski definition) is 6. The van der Waals surface area contributed by atoms with Gasteiger partial charge in [-0.15, -0.1) is 0 Å². The minimum Gasteiger partial charge on any atom is -0.417 e. The highest BCUT2D eigenvalue weighted by molar-refractivity contribution is 8.16. The summed E-state index contributed by atoms with van der Waals surface area (Å²) in [6.45, 7) is 6.36. The van der Waals surface area contributed by atoms with E-state index in [9.17, 15) is 10.2 Å². The molecule has 5 unspecified atom stereocenters. The third-order valence-electron chi connectivity index (χ3n) is 5.02. The molecule has 0 aliphatic heterocycles. The van der Waals surface area contributed by atoms with Gasteiger partial charge in [0, 0.05) is 57.2 Å². The van der Waals surface area contributed by atoms with Gasteiger partial charge in [0.2, 0.25) is 20.0 Å². The van der Waals surface area contributed by atoms with Crippen molar-refractivity contribution >= 4 is 47.9 Å². The van der Waals surface area contributed by atoms with Gasteiger partial charge >= 0.3 is 15.3 Å². The van der Waals surface area contributed by atoms with E-state index in [1.54, 1.807) is 0 Å². The summed E-state index contributed by atoms with van der Waals surface area (Å²) in [6, 6.07) is 1.63. The SMILES string of the molecule is CC(CO)CO[SiH](CCC[S+]=P(O)(O)O)COCC(C)CO[Si](C)(CCCS)OCC(C)CO. The van der Waals surface area contributed by atoms with Crippen molar-refractivity contribution in [1.82, 2.24) is 0 Å². The first-order valence-corrected chi connectivity index (χ1v) is 20.5. The largest absolute Gasteiger partial charge is 0.515 e. The molecule has 9 nitrogen and oxygen atoms in total. The number of ether oxygens (including phenoxy) is 1. The van der Waals surface area contributed by atoms with Gasteiger partial charge in [-0.05, 0) is 30.8 Å². The number of aliphatic hydroxyl groups is 2. The molecule has 0 saturated carbocycles. The zero-order valence-electron chi connectivity index (χ0n) is 21.2. The lowest BCUT2D eigenvalue weighted by atomic mass is 10.2. The van der Waals surface area contributed by atoms with Crippen LogP contribution in [0.15, 0.2) is 0 Å². The van der Waals surface area contributed by atoms with Crippen molar-refractivity contribution in [2.75, 3.05) is 57.4 Å². The molecule has 0 fully saturated rings. The highest BCUT2D eigenvalue weighted by Gasteiger charge is 2.32. The summed E-state index contributed by atoms with van der Waals surface area (Å²) in [6.07, 6.45) is 2.13. The molecular weight excluding hydrogens is 535 g/mol. The van der Waals surface area contributed by atoms with E-state index in [0.29, 0.717) is 44.8 Å². The monoisotopic (exact) mass is 583 g/mol. The average molecular weight is 584 g/mol. The van der Waals surface area contributed by atoms with E-state index < -0.39 is 24.3 Å². The Morgan fingerprint density at radius 1 is 0.912 bits per heavy atom. The van der Waals surface area contributed by atoms with Crippen LogP contribution in [0, 0.1) is 17.8 Å². The summed E-state index contributed by atoms with van der Waals surface area (Å²) < 4.78 is 24.4. The lowest BCUT2D eigenvalue weighted by molar-refractivity contribution is 0.0771. The van der Waals surface area contributed by atoms with E-state index in [1.807, 2.05) is 13.8 Å². The van der Waals surface area contributed by atoms with Gasteiger partial charge in [0.25, 0.3) is 0 Å². The Morgan fingerprint density at radius 3 is 2.06 bits per heavy atom. The molecule has 0 aromatic carbocycles. The fourth-order valence-corrected chi connectivity index (χ4v) is 9.76. The fourth-order valence-electron chi connectivity index (χ4n) is 2.79. The van der Waals surface area contributed by atoms with Crippen molar-refractivity contribution in [1.29, 1.82) is 0 Å². The lowest BCUT2D eigenvalue weighted by Crippen LogP contribution is -2.42. The minimum absolute atomic E-state index is 0.0519. The van der Waals surface area contributed by atoms with Crippen molar-refractivity contribution in [3.8, 4) is 0 Å². The van der Waals surface area contributed by atoms with Crippen molar-refractivity contribution < 1.29 is 42.9 Å².